The van der Waals surface area contributed by atoms with Crippen molar-refractivity contribution in [1.82, 2.24) is 14.8 Å². The Morgan fingerprint density at radius 1 is 1.48 bits per heavy atom. The second-order valence-corrected chi connectivity index (χ2v) is 6.47. The van der Waals surface area contributed by atoms with Crippen LogP contribution in [0.3, 0.4) is 0 Å². The van der Waals surface area contributed by atoms with Crippen molar-refractivity contribution in [1.29, 1.82) is 0 Å². The third-order valence-corrected chi connectivity index (χ3v) is 4.06. The van der Waals surface area contributed by atoms with Gasteiger partial charge < -0.3 is 5.11 Å². The van der Waals surface area contributed by atoms with Crippen molar-refractivity contribution in [3.05, 3.63) is 34.3 Å². The van der Waals surface area contributed by atoms with Gasteiger partial charge in [0.2, 0.25) is 0 Å². The quantitative estimate of drug-likeness (QED) is 0.812. The zero-order valence-electron chi connectivity index (χ0n) is 11.4. The molecule has 0 aliphatic heterocycles. The second-order valence-electron chi connectivity index (χ2n) is 4.61. The highest BCUT2D eigenvalue weighted by atomic mass is 79.9. The third-order valence-electron chi connectivity index (χ3n) is 2.65. The Kier molecular flexibility index (Phi) is 5.00. The lowest BCUT2D eigenvalue weighted by Crippen LogP contribution is -2.08. The summed E-state index contributed by atoms with van der Waals surface area (Å²) >= 11 is 4.32. The molecule has 0 spiro atoms. The smallest absolute Gasteiger partial charge is 0.313 e. The predicted molar refractivity (Wildman–Crippen MR) is 81.5 cm³/mol. The Bertz CT molecular complexity index is 675. The summed E-state index contributed by atoms with van der Waals surface area (Å²) in [6.07, 6.45) is 0. The van der Waals surface area contributed by atoms with Crippen LogP contribution in [0.25, 0.3) is 5.69 Å². The van der Waals surface area contributed by atoms with E-state index >= 15 is 0 Å². The summed E-state index contributed by atoms with van der Waals surface area (Å²) in [5.74, 6) is -0.936. The fourth-order valence-electron chi connectivity index (χ4n) is 1.76. The maximum absolute atomic E-state index is 14.1. The fourth-order valence-corrected chi connectivity index (χ4v) is 2.78. The van der Waals surface area contributed by atoms with E-state index in [4.69, 9.17) is 5.11 Å². The first kappa shape index (κ1) is 16.0. The number of thioether (sulfide) groups is 1. The first-order chi connectivity index (χ1) is 9.90. The Morgan fingerprint density at radius 2 is 2.19 bits per heavy atom. The molecule has 0 radical (unpaired) electrons. The van der Waals surface area contributed by atoms with Crippen molar-refractivity contribution < 1.29 is 14.3 Å². The van der Waals surface area contributed by atoms with Gasteiger partial charge in [-0.15, -0.1) is 10.2 Å². The highest BCUT2D eigenvalue weighted by Crippen LogP contribution is 2.28. The lowest BCUT2D eigenvalue weighted by Gasteiger charge is -2.13. The minimum absolute atomic E-state index is 0.0232. The molecule has 112 valence electrons. The highest BCUT2D eigenvalue weighted by molar-refractivity contribution is 9.10. The van der Waals surface area contributed by atoms with Crippen LogP contribution in [0.4, 0.5) is 4.39 Å². The molecule has 0 amide bonds. The number of carboxylic acids is 1. The van der Waals surface area contributed by atoms with E-state index < -0.39 is 11.8 Å². The minimum Gasteiger partial charge on any atom is -0.481 e. The van der Waals surface area contributed by atoms with Crippen LogP contribution in [-0.4, -0.2) is 31.6 Å². The van der Waals surface area contributed by atoms with Gasteiger partial charge in [-0.05, 0) is 18.2 Å². The Morgan fingerprint density at radius 3 is 2.81 bits per heavy atom. The normalized spacial score (nSPS) is 11.1. The molecule has 0 fully saturated rings. The Balaban J connectivity index is 2.55. The summed E-state index contributed by atoms with van der Waals surface area (Å²) in [6.45, 7) is 3.84. The summed E-state index contributed by atoms with van der Waals surface area (Å²) in [7, 11) is 0. The molecule has 0 saturated carbocycles. The number of aromatic nitrogens is 3. The SMILES string of the molecule is CC(C)c1nnc(SCC(=O)O)n1-c1cc(Br)ccc1F. The van der Waals surface area contributed by atoms with Crippen molar-refractivity contribution in [3.63, 3.8) is 0 Å². The van der Waals surface area contributed by atoms with Gasteiger partial charge in [0.1, 0.15) is 11.6 Å². The van der Waals surface area contributed by atoms with Crippen LogP contribution in [0.15, 0.2) is 27.8 Å². The summed E-state index contributed by atoms with van der Waals surface area (Å²) < 4.78 is 16.4. The van der Waals surface area contributed by atoms with E-state index in [1.165, 1.54) is 6.07 Å². The maximum atomic E-state index is 14.1. The molecule has 0 unspecified atom stereocenters. The van der Waals surface area contributed by atoms with Crippen LogP contribution in [-0.2, 0) is 4.79 Å². The zero-order chi connectivity index (χ0) is 15.6. The number of aliphatic carboxylic acids is 1. The van der Waals surface area contributed by atoms with Gasteiger partial charge in [0.15, 0.2) is 5.16 Å². The lowest BCUT2D eigenvalue weighted by molar-refractivity contribution is -0.133. The van der Waals surface area contributed by atoms with E-state index in [9.17, 15) is 9.18 Å². The van der Waals surface area contributed by atoms with Crippen molar-refractivity contribution in [2.75, 3.05) is 5.75 Å². The van der Waals surface area contributed by atoms with Crippen molar-refractivity contribution in [2.45, 2.75) is 24.9 Å². The van der Waals surface area contributed by atoms with Crippen molar-refractivity contribution in [3.8, 4) is 5.69 Å². The molecule has 1 N–H and O–H groups in total. The minimum atomic E-state index is -0.963. The lowest BCUT2D eigenvalue weighted by atomic mass is 10.2. The summed E-state index contributed by atoms with van der Waals surface area (Å²) in [6, 6.07) is 4.56. The Labute approximate surface area is 133 Å². The fraction of sp³-hybridized carbons (Fsp3) is 0.308. The van der Waals surface area contributed by atoms with E-state index in [2.05, 4.69) is 26.1 Å². The summed E-state index contributed by atoms with van der Waals surface area (Å²) in [5.41, 5.74) is 0.297. The maximum Gasteiger partial charge on any atom is 0.313 e. The average Bonchev–Trinajstić information content (AvgIpc) is 2.83. The first-order valence-electron chi connectivity index (χ1n) is 6.15. The van der Waals surface area contributed by atoms with Gasteiger partial charge in [-0.2, -0.15) is 0 Å². The van der Waals surface area contributed by atoms with Gasteiger partial charge >= 0.3 is 5.97 Å². The topological polar surface area (TPSA) is 68.0 Å². The van der Waals surface area contributed by atoms with Crippen LogP contribution < -0.4 is 0 Å². The number of benzene rings is 1. The van der Waals surface area contributed by atoms with Crippen LogP contribution >= 0.6 is 27.7 Å². The monoisotopic (exact) mass is 373 g/mol. The van der Waals surface area contributed by atoms with Gasteiger partial charge in [0.05, 0.1) is 11.4 Å². The van der Waals surface area contributed by atoms with Crippen molar-refractivity contribution in [2.24, 2.45) is 0 Å². The van der Waals surface area contributed by atoms with Crippen LogP contribution in [0, 0.1) is 5.82 Å². The molecule has 8 heteroatoms. The molecule has 21 heavy (non-hydrogen) atoms. The molecule has 1 aromatic carbocycles. The molecule has 0 aliphatic rings. The van der Waals surface area contributed by atoms with E-state index in [1.807, 2.05) is 13.8 Å². The number of halogens is 2. The predicted octanol–water partition coefficient (Wildman–Crippen LogP) is 3.47. The largest absolute Gasteiger partial charge is 0.481 e. The molecule has 0 aliphatic carbocycles. The van der Waals surface area contributed by atoms with Gasteiger partial charge in [-0.25, -0.2) is 4.39 Å². The number of hydrogen-bond donors (Lipinski definition) is 1. The van der Waals surface area contributed by atoms with Gasteiger partial charge in [0.25, 0.3) is 0 Å². The molecule has 0 atom stereocenters. The van der Waals surface area contributed by atoms with E-state index in [0.29, 0.717) is 16.7 Å². The van der Waals surface area contributed by atoms with Gasteiger partial charge in [-0.1, -0.05) is 41.5 Å². The standard InChI is InChI=1S/C13H13BrFN3O2S/c1-7(2)12-16-17-13(21-6-11(19)20)18(12)10-5-8(14)3-4-9(10)15/h3-5,7H,6H2,1-2H3,(H,19,20). The number of nitrogens with zero attached hydrogens (tertiary/aromatic N) is 3. The van der Waals surface area contributed by atoms with Gasteiger partial charge in [0, 0.05) is 10.4 Å². The van der Waals surface area contributed by atoms with E-state index in [-0.39, 0.29) is 11.7 Å². The molecule has 2 rings (SSSR count). The second kappa shape index (κ2) is 6.57. The molecule has 0 bridgehead atoms. The number of hydrogen-bond acceptors (Lipinski definition) is 4. The number of carbonyl (C=O) groups is 1. The Hall–Kier alpha value is -1.41. The highest BCUT2D eigenvalue weighted by Gasteiger charge is 2.20. The van der Waals surface area contributed by atoms with E-state index in [1.54, 1.807) is 16.7 Å². The van der Waals surface area contributed by atoms with Crippen LogP contribution in [0.1, 0.15) is 25.6 Å². The van der Waals surface area contributed by atoms with Crippen LogP contribution in [0.5, 0.6) is 0 Å². The molecule has 2 aromatic rings. The third kappa shape index (κ3) is 3.62. The molecular weight excluding hydrogens is 361 g/mol. The van der Waals surface area contributed by atoms with E-state index in [0.717, 1.165) is 16.2 Å². The van der Waals surface area contributed by atoms with Crippen LogP contribution in [0.2, 0.25) is 0 Å². The average molecular weight is 374 g/mol. The summed E-state index contributed by atoms with van der Waals surface area (Å²) in [5, 5.41) is 17.2. The van der Waals surface area contributed by atoms with Gasteiger partial charge in [-0.3, -0.25) is 9.36 Å². The molecule has 0 saturated heterocycles. The molecule has 1 heterocycles. The zero-order valence-corrected chi connectivity index (χ0v) is 13.8. The molecule has 1 aromatic heterocycles. The molecule has 5 nitrogen and oxygen atoms in total. The molecular formula is C13H13BrFN3O2S. The summed E-state index contributed by atoms with van der Waals surface area (Å²) in [4.78, 5) is 10.7. The van der Waals surface area contributed by atoms with Crippen molar-refractivity contribution >= 4 is 33.7 Å². The number of carboxylic acid groups (broad SMARTS) is 1. The first-order valence-corrected chi connectivity index (χ1v) is 7.93. The number of rotatable bonds is 5.